The summed E-state index contributed by atoms with van der Waals surface area (Å²) in [6.45, 7) is 13.4. The van der Waals surface area contributed by atoms with Crippen molar-refractivity contribution in [2.24, 2.45) is 4.36 Å². The Bertz CT molecular complexity index is 603. The number of hydrogen-bond acceptors (Lipinski definition) is 4. The lowest BCUT2D eigenvalue weighted by atomic mass is 10.0. The van der Waals surface area contributed by atoms with Gasteiger partial charge in [0.2, 0.25) is 0 Å². The Labute approximate surface area is 191 Å². The van der Waals surface area contributed by atoms with Crippen LogP contribution in [0.15, 0.2) is 39.6 Å². The van der Waals surface area contributed by atoms with Crippen LogP contribution in [-0.2, 0) is 9.73 Å². The number of rotatable bonds is 8. The first-order chi connectivity index (χ1) is 13.0. The van der Waals surface area contributed by atoms with Gasteiger partial charge >= 0.3 is 0 Å². The summed E-state index contributed by atoms with van der Waals surface area (Å²) in [4.78, 5) is 5.40. The molecule has 1 atom stereocenters. The zero-order valence-corrected chi connectivity index (χ0v) is 21.7. The van der Waals surface area contributed by atoms with Crippen molar-refractivity contribution in [3.05, 3.63) is 30.3 Å². The molecular formula is C22H42IN3OS. The van der Waals surface area contributed by atoms with Gasteiger partial charge in [0.15, 0.2) is 0 Å². The first kappa shape index (κ1) is 27.8. The van der Waals surface area contributed by atoms with Gasteiger partial charge in [0, 0.05) is 10.1 Å². The molecule has 0 bridgehead atoms. The van der Waals surface area contributed by atoms with Crippen molar-refractivity contribution < 1.29 is 4.21 Å². The Hall–Kier alpha value is -0.180. The predicted octanol–water partition coefficient (Wildman–Crippen LogP) is 5.72. The minimum Gasteiger partial charge on any atom is -0.307 e. The maximum atomic E-state index is 13.7. The Morgan fingerprint density at radius 2 is 1.46 bits per heavy atom. The fraction of sp³-hybridized carbons (Fsp3) is 0.727. The zero-order chi connectivity index (χ0) is 20.1. The van der Waals surface area contributed by atoms with Crippen LogP contribution in [0.25, 0.3) is 0 Å². The molecule has 2 rings (SSSR count). The predicted molar refractivity (Wildman–Crippen MR) is 134 cm³/mol. The minimum atomic E-state index is -2.30. The van der Waals surface area contributed by atoms with E-state index in [1.807, 2.05) is 30.3 Å². The van der Waals surface area contributed by atoms with E-state index in [4.69, 9.17) is 4.36 Å². The van der Waals surface area contributed by atoms with Gasteiger partial charge in [-0.25, -0.2) is 8.57 Å². The summed E-state index contributed by atoms with van der Waals surface area (Å²) in [5.41, 5.74) is 0. The molecular weight excluding hydrogens is 481 g/mol. The fourth-order valence-electron chi connectivity index (χ4n) is 3.19. The lowest BCUT2D eigenvalue weighted by Crippen LogP contribution is -2.28. The third kappa shape index (κ3) is 9.09. The van der Waals surface area contributed by atoms with Crippen molar-refractivity contribution in [3.8, 4) is 0 Å². The largest absolute Gasteiger partial charge is 0.307 e. The van der Waals surface area contributed by atoms with Crippen molar-refractivity contribution in [2.75, 3.05) is 39.9 Å². The van der Waals surface area contributed by atoms with E-state index in [1.165, 1.54) is 19.3 Å². The van der Waals surface area contributed by atoms with Gasteiger partial charge in [-0.3, -0.25) is 4.90 Å². The number of nitrogens with zero attached hydrogens (tertiary/aromatic N) is 3. The van der Waals surface area contributed by atoms with Crippen molar-refractivity contribution in [1.29, 1.82) is 0 Å². The maximum Gasteiger partial charge on any atom is 0.101 e. The molecule has 1 aromatic rings. The first-order valence-corrected chi connectivity index (χ1v) is 12.3. The summed E-state index contributed by atoms with van der Waals surface area (Å²) >= 11 is 0. The molecule has 6 heteroatoms. The van der Waals surface area contributed by atoms with E-state index in [0.717, 1.165) is 43.9 Å². The standard InChI is InChI=1S/C17H28N2OS.C5H13N.HI/c1-3-19(4-2)15-18-21(20,16-11-7-5-8-12-16)17-13-9-6-10-14-17;1-4-6(3)5-2;/h5,7-8,11-12,17H,3-4,6,9-10,13-15H2,1-2H3;4-5H2,1-3H3;1H. The highest BCUT2D eigenvalue weighted by atomic mass is 127. The van der Waals surface area contributed by atoms with Gasteiger partial charge in [-0.1, -0.05) is 65.2 Å². The molecule has 0 aliphatic heterocycles. The van der Waals surface area contributed by atoms with Crippen molar-refractivity contribution in [2.45, 2.75) is 69.9 Å². The summed E-state index contributed by atoms with van der Waals surface area (Å²) in [5.74, 6) is 0. The summed E-state index contributed by atoms with van der Waals surface area (Å²) in [6, 6.07) is 9.91. The smallest absolute Gasteiger partial charge is 0.101 e. The highest BCUT2D eigenvalue weighted by Crippen LogP contribution is 2.30. The zero-order valence-electron chi connectivity index (χ0n) is 18.6. The Kier molecular flexibility index (Phi) is 15.5. The van der Waals surface area contributed by atoms with Crippen LogP contribution >= 0.6 is 24.0 Å². The highest BCUT2D eigenvalue weighted by molar-refractivity contribution is 14.0. The average molecular weight is 524 g/mol. The summed E-state index contributed by atoms with van der Waals surface area (Å²) in [7, 11) is -0.190. The van der Waals surface area contributed by atoms with E-state index in [1.54, 1.807) is 0 Å². The van der Waals surface area contributed by atoms with E-state index < -0.39 is 9.73 Å². The molecule has 1 aliphatic carbocycles. The van der Waals surface area contributed by atoms with E-state index in [0.29, 0.717) is 6.67 Å². The van der Waals surface area contributed by atoms with E-state index in [2.05, 4.69) is 44.5 Å². The van der Waals surface area contributed by atoms with Crippen molar-refractivity contribution in [3.63, 3.8) is 0 Å². The van der Waals surface area contributed by atoms with Gasteiger partial charge in [-0.15, -0.1) is 24.0 Å². The highest BCUT2D eigenvalue weighted by Gasteiger charge is 2.27. The van der Waals surface area contributed by atoms with Crippen LogP contribution in [0.4, 0.5) is 0 Å². The quantitative estimate of drug-likeness (QED) is 0.409. The molecule has 1 saturated carbocycles. The number of hydrogen-bond donors (Lipinski definition) is 0. The molecule has 28 heavy (non-hydrogen) atoms. The average Bonchev–Trinajstić information content (AvgIpc) is 2.75. The second kappa shape index (κ2) is 15.6. The lowest BCUT2D eigenvalue weighted by molar-refractivity contribution is 0.315. The second-order valence-electron chi connectivity index (χ2n) is 7.20. The summed E-state index contributed by atoms with van der Waals surface area (Å²) in [5, 5.41) is 0.226. The third-order valence-electron chi connectivity index (χ3n) is 5.51. The minimum absolute atomic E-state index is 0. The van der Waals surface area contributed by atoms with Gasteiger partial charge in [0.25, 0.3) is 0 Å². The van der Waals surface area contributed by atoms with E-state index >= 15 is 0 Å². The SMILES string of the molecule is CCN(C)CC.CCN(CC)CN=S(=O)(c1ccccc1)C1CCCCC1.I. The van der Waals surface area contributed by atoms with Gasteiger partial charge in [-0.05, 0) is 58.2 Å². The molecule has 0 heterocycles. The summed E-state index contributed by atoms with van der Waals surface area (Å²) in [6.07, 6.45) is 5.76. The third-order valence-corrected chi connectivity index (χ3v) is 8.33. The Balaban J connectivity index is 0.000000910. The fourth-order valence-corrected chi connectivity index (χ4v) is 5.79. The van der Waals surface area contributed by atoms with Crippen LogP contribution in [0.5, 0.6) is 0 Å². The van der Waals surface area contributed by atoms with Crippen LogP contribution in [0, 0.1) is 0 Å². The van der Waals surface area contributed by atoms with Crippen LogP contribution in [0.2, 0.25) is 0 Å². The number of halogens is 1. The Morgan fingerprint density at radius 1 is 0.929 bits per heavy atom. The monoisotopic (exact) mass is 523 g/mol. The van der Waals surface area contributed by atoms with Crippen LogP contribution in [0.1, 0.15) is 59.8 Å². The van der Waals surface area contributed by atoms with Crippen molar-refractivity contribution in [1.82, 2.24) is 9.80 Å². The van der Waals surface area contributed by atoms with Crippen LogP contribution in [-0.4, -0.2) is 59.2 Å². The lowest BCUT2D eigenvalue weighted by Gasteiger charge is -2.26. The van der Waals surface area contributed by atoms with Crippen LogP contribution < -0.4 is 0 Å². The van der Waals surface area contributed by atoms with Gasteiger partial charge in [0.1, 0.15) is 6.67 Å². The molecule has 0 spiro atoms. The van der Waals surface area contributed by atoms with E-state index in [9.17, 15) is 4.21 Å². The number of benzene rings is 1. The molecule has 1 unspecified atom stereocenters. The van der Waals surface area contributed by atoms with Gasteiger partial charge < -0.3 is 4.90 Å². The first-order valence-electron chi connectivity index (χ1n) is 10.7. The van der Waals surface area contributed by atoms with Gasteiger partial charge in [-0.2, -0.15) is 0 Å². The van der Waals surface area contributed by atoms with Crippen LogP contribution in [0.3, 0.4) is 0 Å². The molecule has 0 radical (unpaired) electrons. The van der Waals surface area contributed by atoms with Crippen molar-refractivity contribution >= 4 is 33.7 Å². The molecule has 0 N–H and O–H groups in total. The molecule has 1 aliphatic rings. The summed E-state index contributed by atoms with van der Waals surface area (Å²) < 4.78 is 18.4. The Morgan fingerprint density at radius 3 is 1.89 bits per heavy atom. The molecule has 4 nitrogen and oxygen atoms in total. The second-order valence-corrected chi connectivity index (χ2v) is 9.74. The topological polar surface area (TPSA) is 35.9 Å². The molecule has 1 fully saturated rings. The molecule has 0 saturated heterocycles. The molecule has 0 aromatic heterocycles. The van der Waals surface area contributed by atoms with E-state index in [-0.39, 0.29) is 29.2 Å². The molecule has 1 aromatic carbocycles. The van der Waals surface area contributed by atoms with Gasteiger partial charge in [0.05, 0.1) is 9.73 Å². The maximum absolute atomic E-state index is 13.7. The normalized spacial score (nSPS) is 16.7. The molecule has 0 amide bonds. The molecule has 164 valence electrons.